The van der Waals surface area contributed by atoms with Crippen molar-refractivity contribution in [2.45, 2.75) is 25.2 Å². The van der Waals surface area contributed by atoms with Gasteiger partial charge in [0.15, 0.2) is 0 Å². The minimum absolute atomic E-state index is 0.153. The van der Waals surface area contributed by atoms with E-state index in [9.17, 15) is 8.42 Å². The van der Waals surface area contributed by atoms with Gasteiger partial charge in [0.25, 0.3) is 0 Å². The van der Waals surface area contributed by atoms with E-state index in [2.05, 4.69) is 18.6 Å². The summed E-state index contributed by atoms with van der Waals surface area (Å²) >= 11 is 5.82. The van der Waals surface area contributed by atoms with E-state index < -0.39 is 10.0 Å². The number of nitrogen functional groups attached to an aromatic ring is 1. The highest BCUT2D eigenvalue weighted by molar-refractivity contribution is 7.89. The standard InChI is InChI=1S/C12H17ClN2O2S/c1-12(2)6-8(12)7-15-18(16,17)9-3-4-11(14)10(13)5-9/h3-5,8,15H,6-7,14H2,1-2H3. The summed E-state index contributed by atoms with van der Waals surface area (Å²) in [5.41, 5.74) is 6.18. The molecule has 1 aliphatic carbocycles. The Labute approximate surface area is 113 Å². The first kappa shape index (κ1) is 13.6. The maximum Gasteiger partial charge on any atom is 0.240 e. The van der Waals surface area contributed by atoms with Crippen molar-refractivity contribution in [3.05, 3.63) is 23.2 Å². The Hall–Kier alpha value is -0.780. The second-order valence-electron chi connectivity index (χ2n) is 5.42. The van der Waals surface area contributed by atoms with E-state index in [0.717, 1.165) is 6.42 Å². The number of halogens is 1. The summed E-state index contributed by atoms with van der Waals surface area (Å²) in [4.78, 5) is 0.153. The predicted molar refractivity (Wildman–Crippen MR) is 72.9 cm³/mol. The quantitative estimate of drug-likeness (QED) is 0.835. The summed E-state index contributed by atoms with van der Waals surface area (Å²) in [7, 11) is -3.49. The fourth-order valence-corrected chi connectivity index (χ4v) is 3.25. The minimum atomic E-state index is -3.49. The lowest BCUT2D eigenvalue weighted by atomic mass is 10.1. The molecule has 0 spiro atoms. The van der Waals surface area contributed by atoms with Crippen molar-refractivity contribution in [2.75, 3.05) is 12.3 Å². The van der Waals surface area contributed by atoms with Crippen LogP contribution in [0.3, 0.4) is 0 Å². The fourth-order valence-electron chi connectivity index (χ4n) is 1.89. The zero-order valence-corrected chi connectivity index (χ0v) is 12.0. The van der Waals surface area contributed by atoms with Crippen LogP contribution in [-0.4, -0.2) is 15.0 Å². The Balaban J connectivity index is 2.08. The van der Waals surface area contributed by atoms with E-state index in [-0.39, 0.29) is 15.3 Å². The maximum absolute atomic E-state index is 12.0. The summed E-state index contributed by atoms with van der Waals surface area (Å²) in [6.07, 6.45) is 1.05. The van der Waals surface area contributed by atoms with Crippen LogP contribution in [0.15, 0.2) is 23.1 Å². The molecule has 0 aliphatic heterocycles. The Kier molecular flexibility index (Phi) is 3.34. The number of hydrogen-bond acceptors (Lipinski definition) is 3. The zero-order valence-electron chi connectivity index (χ0n) is 10.4. The highest BCUT2D eigenvalue weighted by Gasteiger charge is 2.45. The molecule has 0 radical (unpaired) electrons. The van der Waals surface area contributed by atoms with Gasteiger partial charge in [-0.15, -0.1) is 0 Å². The van der Waals surface area contributed by atoms with Crippen LogP contribution in [-0.2, 0) is 10.0 Å². The molecule has 6 heteroatoms. The monoisotopic (exact) mass is 288 g/mol. The Morgan fingerprint density at radius 2 is 2.11 bits per heavy atom. The van der Waals surface area contributed by atoms with Gasteiger partial charge < -0.3 is 5.73 Å². The second-order valence-corrected chi connectivity index (χ2v) is 7.60. The molecule has 1 aromatic rings. The first-order chi connectivity index (χ1) is 8.22. The molecule has 3 N–H and O–H groups in total. The number of nitrogens with one attached hydrogen (secondary N) is 1. The van der Waals surface area contributed by atoms with Gasteiger partial charge in [-0.05, 0) is 36.0 Å². The number of benzene rings is 1. The number of hydrogen-bond donors (Lipinski definition) is 2. The molecule has 1 aliphatic rings. The Morgan fingerprint density at radius 3 is 2.61 bits per heavy atom. The van der Waals surface area contributed by atoms with Crippen LogP contribution in [0.25, 0.3) is 0 Å². The first-order valence-corrected chi connectivity index (χ1v) is 7.63. The van der Waals surface area contributed by atoms with Gasteiger partial charge in [-0.1, -0.05) is 25.4 Å². The van der Waals surface area contributed by atoms with Crippen molar-refractivity contribution in [3.63, 3.8) is 0 Å². The normalized spacial score (nSPS) is 21.8. The van der Waals surface area contributed by atoms with Crippen LogP contribution < -0.4 is 10.5 Å². The number of anilines is 1. The van der Waals surface area contributed by atoms with Gasteiger partial charge in [-0.2, -0.15) is 0 Å². The smallest absolute Gasteiger partial charge is 0.240 e. The van der Waals surface area contributed by atoms with Crippen molar-refractivity contribution in [1.82, 2.24) is 4.72 Å². The molecule has 0 saturated heterocycles. The lowest BCUT2D eigenvalue weighted by molar-refractivity contribution is 0.537. The van der Waals surface area contributed by atoms with E-state index in [1.807, 2.05) is 0 Å². The topological polar surface area (TPSA) is 72.2 Å². The fraction of sp³-hybridized carbons (Fsp3) is 0.500. The van der Waals surface area contributed by atoms with E-state index in [1.54, 1.807) is 0 Å². The molecule has 1 fully saturated rings. The van der Waals surface area contributed by atoms with Gasteiger partial charge in [-0.3, -0.25) is 0 Å². The van der Waals surface area contributed by atoms with Crippen LogP contribution in [0.5, 0.6) is 0 Å². The number of rotatable bonds is 4. The summed E-state index contributed by atoms with van der Waals surface area (Å²) in [5.74, 6) is 0.413. The molecule has 0 heterocycles. The lowest BCUT2D eigenvalue weighted by Gasteiger charge is -2.08. The predicted octanol–water partition coefficient (Wildman–Crippen LogP) is 2.25. The van der Waals surface area contributed by atoms with Crippen molar-refractivity contribution in [2.24, 2.45) is 11.3 Å². The molecule has 18 heavy (non-hydrogen) atoms. The van der Waals surface area contributed by atoms with Gasteiger partial charge in [0.1, 0.15) is 0 Å². The molecule has 2 rings (SSSR count). The molecular weight excluding hydrogens is 272 g/mol. The largest absolute Gasteiger partial charge is 0.398 e. The third-order valence-corrected chi connectivity index (χ3v) is 5.27. The van der Waals surface area contributed by atoms with E-state index in [0.29, 0.717) is 18.2 Å². The van der Waals surface area contributed by atoms with Gasteiger partial charge in [0.2, 0.25) is 10.0 Å². The molecule has 0 amide bonds. The molecule has 0 aromatic heterocycles. The van der Waals surface area contributed by atoms with Crippen LogP contribution in [0.1, 0.15) is 20.3 Å². The second kappa shape index (κ2) is 4.40. The molecule has 1 aromatic carbocycles. The van der Waals surface area contributed by atoms with E-state index >= 15 is 0 Å². The lowest BCUT2D eigenvalue weighted by Crippen LogP contribution is -2.26. The molecule has 1 unspecified atom stereocenters. The van der Waals surface area contributed by atoms with Crippen LogP contribution in [0, 0.1) is 11.3 Å². The summed E-state index contributed by atoms with van der Waals surface area (Å²) in [6.45, 7) is 4.73. The summed E-state index contributed by atoms with van der Waals surface area (Å²) in [6, 6.07) is 4.33. The molecule has 1 atom stereocenters. The molecule has 1 saturated carbocycles. The number of nitrogens with two attached hydrogens (primary N) is 1. The van der Waals surface area contributed by atoms with Gasteiger partial charge in [0.05, 0.1) is 15.6 Å². The third-order valence-electron chi connectivity index (χ3n) is 3.52. The maximum atomic E-state index is 12.0. The van der Waals surface area contributed by atoms with Crippen LogP contribution >= 0.6 is 11.6 Å². The molecule has 0 bridgehead atoms. The highest BCUT2D eigenvalue weighted by atomic mass is 35.5. The summed E-state index contributed by atoms with van der Waals surface area (Å²) in [5, 5.41) is 0.254. The molecule has 4 nitrogen and oxygen atoms in total. The van der Waals surface area contributed by atoms with Gasteiger partial charge in [-0.25, -0.2) is 13.1 Å². The average Bonchev–Trinajstić information content (AvgIpc) is 2.88. The molecular formula is C12H17ClN2O2S. The summed E-state index contributed by atoms with van der Waals surface area (Å²) < 4.78 is 26.7. The van der Waals surface area contributed by atoms with Crippen molar-refractivity contribution < 1.29 is 8.42 Å². The van der Waals surface area contributed by atoms with E-state index in [4.69, 9.17) is 17.3 Å². The van der Waals surface area contributed by atoms with Crippen molar-refractivity contribution in [3.8, 4) is 0 Å². The first-order valence-electron chi connectivity index (χ1n) is 5.77. The van der Waals surface area contributed by atoms with Crippen molar-refractivity contribution >= 4 is 27.3 Å². The Bertz CT molecular complexity index is 569. The van der Waals surface area contributed by atoms with Crippen molar-refractivity contribution in [1.29, 1.82) is 0 Å². The minimum Gasteiger partial charge on any atom is -0.398 e. The van der Waals surface area contributed by atoms with Gasteiger partial charge >= 0.3 is 0 Å². The average molecular weight is 289 g/mol. The van der Waals surface area contributed by atoms with Crippen LogP contribution in [0.4, 0.5) is 5.69 Å². The SMILES string of the molecule is CC1(C)CC1CNS(=O)(=O)c1ccc(N)c(Cl)c1. The van der Waals surface area contributed by atoms with E-state index in [1.165, 1.54) is 18.2 Å². The van der Waals surface area contributed by atoms with Gasteiger partial charge in [0, 0.05) is 6.54 Å². The number of sulfonamides is 1. The third kappa shape index (κ3) is 2.79. The highest BCUT2D eigenvalue weighted by Crippen LogP contribution is 2.51. The molecule has 100 valence electrons. The Morgan fingerprint density at radius 1 is 1.50 bits per heavy atom. The zero-order chi connectivity index (χ0) is 13.6. The van der Waals surface area contributed by atoms with Crippen LogP contribution in [0.2, 0.25) is 5.02 Å².